The number of likely N-dealkylation sites (tertiary alicyclic amines) is 1. The number of carbonyl (C=O) groups excluding carboxylic acids is 1. The molecule has 1 amide bonds. The number of aliphatic carboxylic acids is 1. The maximum absolute atomic E-state index is 11.3. The van der Waals surface area contributed by atoms with Gasteiger partial charge in [-0.25, -0.2) is 0 Å². The van der Waals surface area contributed by atoms with Gasteiger partial charge in [0, 0.05) is 20.0 Å². The van der Waals surface area contributed by atoms with Crippen LogP contribution >= 0.6 is 0 Å². The SMILES string of the molecule is C/C=C\C1CC(C(=O)O)N(CC/C(C)=C(\O)NC(C)=O)C1. The minimum atomic E-state index is -0.810. The summed E-state index contributed by atoms with van der Waals surface area (Å²) < 4.78 is 0. The average Bonchev–Trinajstić information content (AvgIpc) is 2.78. The molecule has 0 aromatic heterocycles. The number of carbonyl (C=O) groups is 2. The molecule has 0 aliphatic carbocycles. The third kappa shape index (κ3) is 5.23. The number of nitrogens with one attached hydrogen (secondary N) is 1. The number of amides is 1. The van der Waals surface area contributed by atoms with Gasteiger partial charge in [-0.2, -0.15) is 0 Å². The van der Waals surface area contributed by atoms with Crippen molar-refractivity contribution in [2.75, 3.05) is 13.1 Å². The van der Waals surface area contributed by atoms with Crippen molar-refractivity contribution in [2.24, 2.45) is 5.92 Å². The molecule has 0 aromatic rings. The Kier molecular flexibility index (Phi) is 6.42. The summed E-state index contributed by atoms with van der Waals surface area (Å²) in [6, 6.07) is -0.484. The van der Waals surface area contributed by atoms with Gasteiger partial charge in [0.25, 0.3) is 0 Å². The van der Waals surface area contributed by atoms with Gasteiger partial charge >= 0.3 is 5.97 Å². The van der Waals surface area contributed by atoms with Crippen molar-refractivity contribution in [1.82, 2.24) is 10.2 Å². The number of allylic oxidation sites excluding steroid dienone is 1. The molecule has 1 saturated heterocycles. The van der Waals surface area contributed by atoms with Crippen LogP contribution in [0.25, 0.3) is 0 Å². The van der Waals surface area contributed by atoms with Crippen molar-refractivity contribution < 1.29 is 19.8 Å². The molecule has 118 valence electrons. The van der Waals surface area contributed by atoms with Crippen LogP contribution in [-0.4, -0.2) is 46.1 Å². The monoisotopic (exact) mass is 296 g/mol. The third-order valence-electron chi connectivity index (χ3n) is 3.66. The first-order chi connectivity index (χ1) is 9.85. The van der Waals surface area contributed by atoms with E-state index >= 15 is 0 Å². The summed E-state index contributed by atoms with van der Waals surface area (Å²) in [5.74, 6) is -1.03. The highest BCUT2D eigenvalue weighted by molar-refractivity contribution is 5.74. The summed E-state index contributed by atoms with van der Waals surface area (Å²) in [5, 5.41) is 21.3. The highest BCUT2D eigenvalue weighted by Crippen LogP contribution is 2.25. The highest BCUT2D eigenvalue weighted by Gasteiger charge is 2.35. The molecule has 1 rings (SSSR count). The maximum atomic E-state index is 11.3. The van der Waals surface area contributed by atoms with E-state index in [-0.39, 0.29) is 17.7 Å². The summed E-state index contributed by atoms with van der Waals surface area (Å²) in [4.78, 5) is 24.1. The van der Waals surface area contributed by atoms with Crippen LogP contribution in [-0.2, 0) is 9.59 Å². The first kappa shape index (κ1) is 17.2. The van der Waals surface area contributed by atoms with E-state index in [9.17, 15) is 19.8 Å². The minimum absolute atomic E-state index is 0.140. The molecule has 0 bridgehead atoms. The van der Waals surface area contributed by atoms with Gasteiger partial charge in [-0.05, 0) is 38.2 Å². The fourth-order valence-corrected chi connectivity index (χ4v) is 2.56. The van der Waals surface area contributed by atoms with Crippen LogP contribution in [0.4, 0.5) is 0 Å². The molecular weight excluding hydrogens is 272 g/mol. The van der Waals surface area contributed by atoms with Gasteiger partial charge in [-0.1, -0.05) is 12.2 Å². The minimum Gasteiger partial charge on any atom is -0.495 e. The van der Waals surface area contributed by atoms with Crippen molar-refractivity contribution in [3.05, 3.63) is 23.6 Å². The fourth-order valence-electron chi connectivity index (χ4n) is 2.56. The topological polar surface area (TPSA) is 89.9 Å². The van der Waals surface area contributed by atoms with Gasteiger partial charge < -0.3 is 10.2 Å². The summed E-state index contributed by atoms with van der Waals surface area (Å²) in [6.07, 6.45) is 5.10. The Bertz CT molecular complexity index is 457. The van der Waals surface area contributed by atoms with E-state index in [4.69, 9.17) is 0 Å². The quantitative estimate of drug-likeness (QED) is 0.512. The Morgan fingerprint density at radius 1 is 1.33 bits per heavy atom. The molecule has 6 heteroatoms. The number of hydrogen-bond donors (Lipinski definition) is 3. The smallest absolute Gasteiger partial charge is 0.320 e. The van der Waals surface area contributed by atoms with E-state index in [0.717, 1.165) is 0 Å². The number of carboxylic acids is 1. The van der Waals surface area contributed by atoms with Crippen molar-refractivity contribution in [3.8, 4) is 0 Å². The van der Waals surface area contributed by atoms with Gasteiger partial charge in [0.05, 0.1) is 0 Å². The zero-order valence-corrected chi connectivity index (χ0v) is 12.8. The van der Waals surface area contributed by atoms with Crippen molar-refractivity contribution in [2.45, 2.75) is 39.7 Å². The van der Waals surface area contributed by atoms with E-state index < -0.39 is 12.0 Å². The van der Waals surface area contributed by atoms with Gasteiger partial charge in [-0.15, -0.1) is 0 Å². The molecule has 1 heterocycles. The zero-order valence-electron chi connectivity index (χ0n) is 12.8. The molecule has 0 saturated carbocycles. The number of aliphatic hydroxyl groups is 1. The van der Waals surface area contributed by atoms with Gasteiger partial charge in [0.1, 0.15) is 6.04 Å². The normalized spacial score (nSPS) is 24.1. The van der Waals surface area contributed by atoms with Gasteiger partial charge in [0.2, 0.25) is 5.91 Å². The van der Waals surface area contributed by atoms with Gasteiger partial charge in [0.15, 0.2) is 5.88 Å². The molecular formula is C15H24N2O4. The lowest BCUT2D eigenvalue weighted by Crippen LogP contribution is -2.36. The summed E-state index contributed by atoms with van der Waals surface area (Å²) >= 11 is 0. The van der Waals surface area contributed by atoms with Crippen LogP contribution in [0.5, 0.6) is 0 Å². The molecule has 0 radical (unpaired) electrons. The van der Waals surface area contributed by atoms with Crippen molar-refractivity contribution in [3.63, 3.8) is 0 Å². The van der Waals surface area contributed by atoms with Crippen LogP contribution in [0.15, 0.2) is 23.6 Å². The van der Waals surface area contributed by atoms with Crippen LogP contribution in [0.2, 0.25) is 0 Å². The fraction of sp³-hybridized carbons (Fsp3) is 0.600. The second kappa shape index (κ2) is 7.83. The molecule has 1 aliphatic heterocycles. The zero-order chi connectivity index (χ0) is 16.0. The molecule has 0 aromatic carbocycles. The second-order valence-electron chi connectivity index (χ2n) is 5.43. The lowest BCUT2D eigenvalue weighted by molar-refractivity contribution is -0.142. The third-order valence-corrected chi connectivity index (χ3v) is 3.66. The second-order valence-corrected chi connectivity index (χ2v) is 5.43. The van der Waals surface area contributed by atoms with E-state index in [2.05, 4.69) is 5.32 Å². The maximum Gasteiger partial charge on any atom is 0.320 e. The highest BCUT2D eigenvalue weighted by atomic mass is 16.4. The number of aliphatic hydroxyl groups excluding tert-OH is 1. The lowest BCUT2D eigenvalue weighted by atomic mass is 10.1. The summed E-state index contributed by atoms with van der Waals surface area (Å²) in [5.41, 5.74) is 0.642. The number of rotatable bonds is 6. The molecule has 1 aliphatic rings. The Morgan fingerprint density at radius 2 is 2.00 bits per heavy atom. The predicted octanol–water partition coefficient (Wildman–Crippen LogP) is 1.65. The van der Waals surface area contributed by atoms with Crippen LogP contribution in [0, 0.1) is 5.92 Å². The molecule has 21 heavy (non-hydrogen) atoms. The Hall–Kier alpha value is -1.82. The van der Waals surface area contributed by atoms with E-state index in [1.165, 1.54) is 6.92 Å². The summed E-state index contributed by atoms with van der Waals surface area (Å²) in [6.45, 7) is 6.22. The molecule has 2 atom stereocenters. The van der Waals surface area contributed by atoms with Crippen LogP contribution < -0.4 is 5.32 Å². The molecule has 0 spiro atoms. The molecule has 2 unspecified atom stereocenters. The van der Waals surface area contributed by atoms with E-state index in [1.807, 2.05) is 24.0 Å². The van der Waals surface area contributed by atoms with Crippen molar-refractivity contribution >= 4 is 11.9 Å². The summed E-state index contributed by atoms with van der Waals surface area (Å²) in [7, 11) is 0. The van der Waals surface area contributed by atoms with Crippen molar-refractivity contribution in [1.29, 1.82) is 0 Å². The lowest BCUT2D eigenvalue weighted by Gasteiger charge is -2.21. The first-order valence-electron chi connectivity index (χ1n) is 7.11. The molecule has 6 nitrogen and oxygen atoms in total. The predicted molar refractivity (Wildman–Crippen MR) is 79.7 cm³/mol. The number of hydrogen-bond acceptors (Lipinski definition) is 4. The Morgan fingerprint density at radius 3 is 2.52 bits per heavy atom. The van der Waals surface area contributed by atoms with Crippen LogP contribution in [0.1, 0.15) is 33.6 Å². The molecule has 3 N–H and O–H groups in total. The molecule has 1 fully saturated rings. The number of nitrogens with zero attached hydrogens (tertiary/aromatic N) is 1. The largest absolute Gasteiger partial charge is 0.495 e. The Balaban J connectivity index is 2.63. The number of carboxylic acid groups (broad SMARTS) is 1. The van der Waals surface area contributed by atoms with Gasteiger partial charge in [-0.3, -0.25) is 19.8 Å². The standard InChI is InChI=1S/C15H24N2O4/c1-4-5-12-8-13(15(20)21)17(9-12)7-6-10(2)14(19)16-11(3)18/h4-5,12-13,19H,6-9H2,1-3H3,(H,16,18)(H,20,21)/b5-4-,14-10-. The first-order valence-corrected chi connectivity index (χ1v) is 7.11. The van der Waals surface area contributed by atoms with E-state index in [1.54, 1.807) is 6.92 Å². The van der Waals surface area contributed by atoms with Crippen LogP contribution in [0.3, 0.4) is 0 Å². The van der Waals surface area contributed by atoms with E-state index in [0.29, 0.717) is 31.5 Å². The average molecular weight is 296 g/mol. The Labute approximate surface area is 125 Å².